The smallest absolute Gasteiger partial charge is 0.241 e. The maximum Gasteiger partial charge on any atom is 0.241 e. The number of primary sulfonamides is 1. The lowest BCUT2D eigenvalue weighted by molar-refractivity contribution is -0.121. The van der Waals surface area contributed by atoms with E-state index in [9.17, 15) is 13.2 Å². The molecule has 3 N–H and O–H groups in total. The summed E-state index contributed by atoms with van der Waals surface area (Å²) in [5.74, 6) is -0.157. The Morgan fingerprint density at radius 2 is 2.16 bits per heavy atom. The number of sulfonamides is 1. The molecule has 1 amide bonds. The molecule has 134 valence electrons. The van der Waals surface area contributed by atoms with E-state index in [2.05, 4.69) is 21.7 Å². The normalized spacial score (nSPS) is 19.7. The molecule has 2 heterocycles. The number of hydrogen-bond acceptors (Lipinski definition) is 5. The minimum absolute atomic E-state index is 0.0180. The monoisotopic (exact) mass is 379 g/mol. The number of carbonyl (C=O) groups is 1. The molecule has 0 spiro atoms. The third kappa shape index (κ3) is 4.09. The van der Waals surface area contributed by atoms with E-state index < -0.39 is 10.0 Å². The Kier molecular flexibility index (Phi) is 5.24. The number of rotatable bonds is 5. The fraction of sp³-hybridized carbons (Fsp3) is 0.353. The van der Waals surface area contributed by atoms with Gasteiger partial charge in [0.25, 0.3) is 0 Å². The van der Waals surface area contributed by atoms with Gasteiger partial charge < -0.3 is 5.32 Å². The van der Waals surface area contributed by atoms with Crippen LogP contribution in [0.1, 0.15) is 30.7 Å². The molecule has 1 saturated heterocycles. The molecule has 1 aliphatic rings. The minimum Gasteiger partial charge on any atom is -0.325 e. The summed E-state index contributed by atoms with van der Waals surface area (Å²) in [5.41, 5.74) is 0.426. The Balaban J connectivity index is 1.73. The predicted octanol–water partition coefficient (Wildman–Crippen LogP) is 2.56. The van der Waals surface area contributed by atoms with Gasteiger partial charge in [-0.2, -0.15) is 0 Å². The lowest BCUT2D eigenvalue weighted by Crippen LogP contribution is -2.41. The van der Waals surface area contributed by atoms with Gasteiger partial charge in [0, 0.05) is 16.6 Å². The highest BCUT2D eigenvalue weighted by Gasteiger charge is 2.33. The summed E-state index contributed by atoms with van der Waals surface area (Å²) in [5, 5.41) is 9.99. The molecule has 0 saturated carbocycles. The summed E-state index contributed by atoms with van der Waals surface area (Å²) in [6.45, 7) is 2.75. The molecule has 1 aliphatic heterocycles. The SMILES string of the molecule is C[C@@H](C(=O)Nc1cccc(S(N)(=O)=O)c1)N1CCC[C@H]1c1cccs1. The van der Waals surface area contributed by atoms with E-state index in [1.54, 1.807) is 23.5 Å². The van der Waals surface area contributed by atoms with Crippen molar-refractivity contribution in [3.63, 3.8) is 0 Å². The minimum atomic E-state index is -3.80. The van der Waals surface area contributed by atoms with Crippen LogP contribution in [0.15, 0.2) is 46.7 Å². The molecule has 8 heteroatoms. The molecule has 1 fully saturated rings. The first-order valence-electron chi connectivity index (χ1n) is 8.09. The van der Waals surface area contributed by atoms with Gasteiger partial charge in [0.15, 0.2) is 0 Å². The molecular formula is C17H21N3O3S2. The summed E-state index contributed by atoms with van der Waals surface area (Å²) in [6, 6.07) is 10.1. The van der Waals surface area contributed by atoms with Gasteiger partial charge in [-0.25, -0.2) is 13.6 Å². The van der Waals surface area contributed by atoms with Crippen molar-refractivity contribution in [2.45, 2.75) is 36.7 Å². The van der Waals surface area contributed by atoms with Gasteiger partial charge in [0.1, 0.15) is 0 Å². The van der Waals surface area contributed by atoms with Gasteiger partial charge in [-0.15, -0.1) is 11.3 Å². The summed E-state index contributed by atoms with van der Waals surface area (Å²) >= 11 is 1.71. The van der Waals surface area contributed by atoms with Crippen LogP contribution in [-0.2, 0) is 14.8 Å². The van der Waals surface area contributed by atoms with E-state index in [4.69, 9.17) is 5.14 Å². The van der Waals surface area contributed by atoms with Crippen molar-refractivity contribution in [3.8, 4) is 0 Å². The van der Waals surface area contributed by atoms with E-state index in [1.807, 2.05) is 13.0 Å². The second-order valence-corrected chi connectivity index (χ2v) is 8.69. The van der Waals surface area contributed by atoms with Gasteiger partial charge in [-0.05, 0) is 56.0 Å². The number of amides is 1. The molecule has 25 heavy (non-hydrogen) atoms. The van der Waals surface area contributed by atoms with Gasteiger partial charge >= 0.3 is 0 Å². The first-order chi connectivity index (χ1) is 11.9. The van der Waals surface area contributed by atoms with Crippen molar-refractivity contribution in [1.29, 1.82) is 0 Å². The molecule has 0 aliphatic carbocycles. The van der Waals surface area contributed by atoms with Crippen LogP contribution in [0, 0.1) is 0 Å². The zero-order chi connectivity index (χ0) is 18.0. The van der Waals surface area contributed by atoms with Crippen LogP contribution in [0.2, 0.25) is 0 Å². The molecule has 1 aromatic heterocycles. The Hall–Kier alpha value is -1.74. The first-order valence-corrected chi connectivity index (χ1v) is 10.5. The average Bonchev–Trinajstić information content (AvgIpc) is 3.24. The van der Waals surface area contributed by atoms with Crippen molar-refractivity contribution in [2.75, 3.05) is 11.9 Å². The highest BCUT2D eigenvalue weighted by atomic mass is 32.2. The van der Waals surface area contributed by atoms with Crippen LogP contribution in [0.25, 0.3) is 0 Å². The molecule has 0 radical (unpaired) electrons. The van der Waals surface area contributed by atoms with Crippen LogP contribution in [0.5, 0.6) is 0 Å². The predicted molar refractivity (Wildman–Crippen MR) is 98.9 cm³/mol. The first kappa shape index (κ1) is 18.1. The lowest BCUT2D eigenvalue weighted by atomic mass is 10.1. The average molecular weight is 380 g/mol. The van der Waals surface area contributed by atoms with Crippen molar-refractivity contribution in [2.24, 2.45) is 5.14 Å². The molecule has 3 rings (SSSR count). The van der Waals surface area contributed by atoms with Gasteiger partial charge in [0.05, 0.1) is 10.9 Å². The Morgan fingerprint density at radius 1 is 1.36 bits per heavy atom. The van der Waals surface area contributed by atoms with Crippen molar-refractivity contribution < 1.29 is 13.2 Å². The van der Waals surface area contributed by atoms with Gasteiger partial charge in [-0.3, -0.25) is 9.69 Å². The van der Waals surface area contributed by atoms with E-state index in [0.717, 1.165) is 19.4 Å². The number of nitrogens with zero attached hydrogens (tertiary/aromatic N) is 1. The highest BCUT2D eigenvalue weighted by Crippen LogP contribution is 2.36. The molecule has 2 atom stereocenters. The van der Waals surface area contributed by atoms with Crippen LogP contribution in [0.3, 0.4) is 0 Å². The Bertz CT molecular complexity index is 850. The maximum atomic E-state index is 12.6. The Labute approximate surface area is 151 Å². The van der Waals surface area contributed by atoms with Crippen molar-refractivity contribution >= 4 is 33.0 Å². The van der Waals surface area contributed by atoms with Crippen LogP contribution < -0.4 is 10.5 Å². The standard InChI is InChI=1S/C17H21N3O3S2/c1-12(20-9-3-7-15(20)16-8-4-10-24-16)17(21)19-13-5-2-6-14(11-13)25(18,22)23/h2,4-6,8,10-12,15H,3,7,9H2,1H3,(H,19,21)(H2,18,22,23)/t12-,15-/m0/s1. The maximum absolute atomic E-state index is 12.6. The molecule has 0 bridgehead atoms. The van der Waals surface area contributed by atoms with E-state index >= 15 is 0 Å². The molecular weight excluding hydrogens is 358 g/mol. The fourth-order valence-electron chi connectivity index (χ4n) is 3.19. The van der Waals surface area contributed by atoms with Crippen molar-refractivity contribution in [3.05, 3.63) is 46.7 Å². The second-order valence-electron chi connectivity index (χ2n) is 6.15. The van der Waals surface area contributed by atoms with Crippen LogP contribution >= 0.6 is 11.3 Å². The second kappa shape index (κ2) is 7.25. The van der Waals surface area contributed by atoms with E-state index in [-0.39, 0.29) is 22.9 Å². The van der Waals surface area contributed by atoms with Gasteiger partial charge in [0.2, 0.25) is 15.9 Å². The number of thiophene rings is 1. The summed E-state index contributed by atoms with van der Waals surface area (Å²) in [7, 11) is -3.80. The van der Waals surface area contributed by atoms with Crippen molar-refractivity contribution in [1.82, 2.24) is 4.90 Å². The van der Waals surface area contributed by atoms with Gasteiger partial charge in [-0.1, -0.05) is 12.1 Å². The van der Waals surface area contributed by atoms with E-state index in [1.165, 1.54) is 17.0 Å². The molecule has 0 unspecified atom stereocenters. The largest absolute Gasteiger partial charge is 0.325 e. The van der Waals surface area contributed by atoms with Crippen LogP contribution in [0.4, 0.5) is 5.69 Å². The summed E-state index contributed by atoms with van der Waals surface area (Å²) in [4.78, 5) is 16.1. The third-order valence-corrected chi connectivity index (χ3v) is 6.36. The zero-order valence-corrected chi connectivity index (χ0v) is 15.5. The number of anilines is 1. The zero-order valence-electron chi connectivity index (χ0n) is 13.9. The summed E-state index contributed by atoms with van der Waals surface area (Å²) in [6.07, 6.45) is 2.10. The topological polar surface area (TPSA) is 92.5 Å². The van der Waals surface area contributed by atoms with Crippen LogP contribution in [-0.4, -0.2) is 31.8 Å². The van der Waals surface area contributed by atoms with E-state index in [0.29, 0.717) is 5.69 Å². The number of hydrogen-bond donors (Lipinski definition) is 2. The molecule has 2 aromatic rings. The Morgan fingerprint density at radius 3 is 2.84 bits per heavy atom. The molecule has 6 nitrogen and oxygen atoms in total. The quantitative estimate of drug-likeness (QED) is 0.835. The fourth-order valence-corrected chi connectivity index (χ4v) is 4.63. The number of carbonyl (C=O) groups excluding carboxylic acids is 1. The lowest BCUT2D eigenvalue weighted by Gasteiger charge is -2.29. The molecule has 1 aromatic carbocycles. The third-order valence-electron chi connectivity index (χ3n) is 4.47. The number of benzene rings is 1. The summed E-state index contributed by atoms with van der Waals surface area (Å²) < 4.78 is 22.9. The number of likely N-dealkylation sites (tertiary alicyclic amines) is 1. The number of nitrogens with one attached hydrogen (secondary N) is 1. The highest BCUT2D eigenvalue weighted by molar-refractivity contribution is 7.89. The number of nitrogens with two attached hydrogens (primary N) is 1.